The van der Waals surface area contributed by atoms with E-state index < -0.39 is 0 Å². The zero-order valence-corrected chi connectivity index (χ0v) is 10.3. The van der Waals surface area contributed by atoms with Crippen LogP contribution in [0.1, 0.15) is 11.1 Å². The minimum absolute atomic E-state index is 0.178. The van der Waals surface area contributed by atoms with Crippen LogP contribution in [0.25, 0.3) is 0 Å². The molecule has 1 aromatic carbocycles. The summed E-state index contributed by atoms with van der Waals surface area (Å²) in [5.41, 5.74) is 2.06. The fraction of sp³-hybridized carbons (Fsp3) is 0.231. The Morgan fingerprint density at radius 2 is 1.83 bits per heavy atom. The van der Waals surface area contributed by atoms with E-state index in [-0.39, 0.29) is 6.03 Å². The molecule has 18 heavy (non-hydrogen) atoms. The van der Waals surface area contributed by atoms with Crippen LogP contribution in [0, 0.1) is 0 Å². The predicted octanol–water partition coefficient (Wildman–Crippen LogP) is 1.42. The van der Waals surface area contributed by atoms with Crippen molar-refractivity contribution in [3.8, 4) is 0 Å². The molecule has 0 aliphatic carbocycles. The Bertz CT molecular complexity index is 507. The van der Waals surface area contributed by atoms with Crippen molar-refractivity contribution in [2.45, 2.75) is 13.1 Å². The van der Waals surface area contributed by atoms with E-state index in [2.05, 4.69) is 15.7 Å². The van der Waals surface area contributed by atoms with Gasteiger partial charge in [-0.25, -0.2) is 4.79 Å². The van der Waals surface area contributed by atoms with Gasteiger partial charge in [0.15, 0.2) is 0 Å². The van der Waals surface area contributed by atoms with Gasteiger partial charge in [0.25, 0.3) is 0 Å². The van der Waals surface area contributed by atoms with Gasteiger partial charge in [-0.15, -0.1) is 0 Å². The maximum Gasteiger partial charge on any atom is 0.315 e. The first-order valence-electron chi connectivity index (χ1n) is 5.77. The minimum Gasteiger partial charge on any atom is -0.334 e. The minimum atomic E-state index is -0.178. The molecule has 2 amide bonds. The molecule has 5 nitrogen and oxygen atoms in total. The van der Waals surface area contributed by atoms with E-state index >= 15 is 0 Å². The van der Waals surface area contributed by atoms with Gasteiger partial charge < -0.3 is 10.6 Å². The standard InChI is InChI=1S/C13H16N4O/c1-17-10-12(9-16-17)8-15-13(18)14-7-11-5-3-2-4-6-11/h2-6,9-10H,7-8H2,1H3,(H2,14,15,18). The van der Waals surface area contributed by atoms with Gasteiger partial charge in [-0.1, -0.05) is 30.3 Å². The average Bonchev–Trinajstić information content (AvgIpc) is 2.81. The molecule has 5 heteroatoms. The normalized spacial score (nSPS) is 10.1. The molecular weight excluding hydrogens is 228 g/mol. The lowest BCUT2D eigenvalue weighted by Gasteiger charge is -2.06. The van der Waals surface area contributed by atoms with Crippen LogP contribution in [0.3, 0.4) is 0 Å². The lowest BCUT2D eigenvalue weighted by molar-refractivity contribution is 0.240. The molecule has 2 N–H and O–H groups in total. The van der Waals surface area contributed by atoms with E-state index in [1.165, 1.54) is 0 Å². The van der Waals surface area contributed by atoms with Crippen LogP contribution in [0.2, 0.25) is 0 Å². The second kappa shape index (κ2) is 5.86. The van der Waals surface area contributed by atoms with Crippen LogP contribution in [0.4, 0.5) is 4.79 Å². The van der Waals surface area contributed by atoms with Crippen molar-refractivity contribution in [2.24, 2.45) is 7.05 Å². The Labute approximate surface area is 106 Å². The number of amides is 2. The molecule has 0 bridgehead atoms. The maximum absolute atomic E-state index is 11.5. The Morgan fingerprint density at radius 3 is 2.44 bits per heavy atom. The van der Waals surface area contributed by atoms with E-state index in [0.717, 1.165) is 11.1 Å². The molecule has 0 aliphatic rings. The Morgan fingerprint density at radius 1 is 1.17 bits per heavy atom. The van der Waals surface area contributed by atoms with E-state index in [1.54, 1.807) is 10.9 Å². The van der Waals surface area contributed by atoms with Gasteiger partial charge in [0.1, 0.15) is 0 Å². The Balaban J connectivity index is 1.73. The first kappa shape index (κ1) is 12.2. The zero-order chi connectivity index (χ0) is 12.8. The SMILES string of the molecule is Cn1cc(CNC(=O)NCc2ccccc2)cn1. The number of rotatable bonds is 4. The maximum atomic E-state index is 11.5. The molecule has 0 fully saturated rings. The third-order valence-electron chi connectivity index (χ3n) is 2.51. The molecule has 2 aromatic rings. The number of benzene rings is 1. The summed E-state index contributed by atoms with van der Waals surface area (Å²) in [5.74, 6) is 0. The van der Waals surface area contributed by atoms with Gasteiger partial charge in [-0.3, -0.25) is 4.68 Å². The van der Waals surface area contributed by atoms with Crippen molar-refractivity contribution in [3.05, 3.63) is 53.9 Å². The third-order valence-corrected chi connectivity index (χ3v) is 2.51. The number of hydrogen-bond acceptors (Lipinski definition) is 2. The van der Waals surface area contributed by atoms with Crippen molar-refractivity contribution in [3.63, 3.8) is 0 Å². The molecule has 0 saturated carbocycles. The second-order valence-corrected chi connectivity index (χ2v) is 4.04. The summed E-state index contributed by atoms with van der Waals surface area (Å²) >= 11 is 0. The van der Waals surface area contributed by atoms with Crippen LogP contribution in [0.15, 0.2) is 42.7 Å². The topological polar surface area (TPSA) is 59.0 Å². The summed E-state index contributed by atoms with van der Waals surface area (Å²) in [6.45, 7) is 1.01. The lowest BCUT2D eigenvalue weighted by atomic mass is 10.2. The first-order chi connectivity index (χ1) is 8.74. The molecule has 0 atom stereocenters. The summed E-state index contributed by atoms with van der Waals surface area (Å²) in [5, 5.41) is 9.61. The number of carbonyl (C=O) groups is 1. The highest BCUT2D eigenvalue weighted by molar-refractivity contribution is 5.73. The van der Waals surface area contributed by atoms with E-state index in [9.17, 15) is 4.79 Å². The van der Waals surface area contributed by atoms with E-state index in [0.29, 0.717) is 13.1 Å². The van der Waals surface area contributed by atoms with Gasteiger partial charge >= 0.3 is 6.03 Å². The first-order valence-corrected chi connectivity index (χ1v) is 5.77. The van der Waals surface area contributed by atoms with Gasteiger partial charge in [-0.2, -0.15) is 5.10 Å². The quantitative estimate of drug-likeness (QED) is 0.854. The number of aromatic nitrogens is 2. The van der Waals surface area contributed by atoms with Crippen LogP contribution in [-0.4, -0.2) is 15.8 Å². The molecule has 1 heterocycles. The van der Waals surface area contributed by atoms with Crippen LogP contribution in [-0.2, 0) is 20.1 Å². The largest absolute Gasteiger partial charge is 0.334 e. The fourth-order valence-electron chi connectivity index (χ4n) is 1.59. The molecule has 0 spiro atoms. The Hall–Kier alpha value is -2.30. The highest BCUT2D eigenvalue weighted by Crippen LogP contribution is 1.97. The molecule has 1 aromatic heterocycles. The second-order valence-electron chi connectivity index (χ2n) is 4.04. The van der Waals surface area contributed by atoms with Crippen LogP contribution >= 0.6 is 0 Å². The fourth-order valence-corrected chi connectivity index (χ4v) is 1.59. The van der Waals surface area contributed by atoms with Gasteiger partial charge in [-0.05, 0) is 5.56 Å². The summed E-state index contributed by atoms with van der Waals surface area (Å²) in [6.07, 6.45) is 3.61. The smallest absolute Gasteiger partial charge is 0.315 e. The highest BCUT2D eigenvalue weighted by Gasteiger charge is 2.01. The zero-order valence-electron chi connectivity index (χ0n) is 10.3. The van der Waals surface area contributed by atoms with Crippen molar-refractivity contribution in [1.29, 1.82) is 0 Å². The van der Waals surface area contributed by atoms with E-state index in [4.69, 9.17) is 0 Å². The lowest BCUT2D eigenvalue weighted by Crippen LogP contribution is -2.34. The number of nitrogens with zero attached hydrogens (tertiary/aromatic N) is 2. The molecule has 94 valence electrons. The van der Waals surface area contributed by atoms with E-state index in [1.807, 2.05) is 43.6 Å². The molecule has 0 radical (unpaired) electrons. The Kier molecular flexibility index (Phi) is 3.96. The highest BCUT2D eigenvalue weighted by atomic mass is 16.2. The number of carbonyl (C=O) groups excluding carboxylic acids is 1. The number of urea groups is 1. The molecule has 0 unspecified atom stereocenters. The van der Waals surface area contributed by atoms with Crippen molar-refractivity contribution >= 4 is 6.03 Å². The third kappa shape index (κ3) is 3.62. The summed E-state index contributed by atoms with van der Waals surface area (Å²) in [4.78, 5) is 11.5. The summed E-state index contributed by atoms with van der Waals surface area (Å²) in [7, 11) is 1.85. The van der Waals surface area contributed by atoms with Crippen molar-refractivity contribution in [1.82, 2.24) is 20.4 Å². The van der Waals surface area contributed by atoms with Crippen molar-refractivity contribution < 1.29 is 4.79 Å². The summed E-state index contributed by atoms with van der Waals surface area (Å²) < 4.78 is 1.71. The predicted molar refractivity (Wildman–Crippen MR) is 68.7 cm³/mol. The van der Waals surface area contributed by atoms with Crippen molar-refractivity contribution in [2.75, 3.05) is 0 Å². The summed E-state index contributed by atoms with van der Waals surface area (Å²) in [6, 6.07) is 9.62. The number of nitrogens with one attached hydrogen (secondary N) is 2. The van der Waals surface area contributed by atoms with Gasteiger partial charge in [0, 0.05) is 31.9 Å². The van der Waals surface area contributed by atoms with Crippen LogP contribution < -0.4 is 10.6 Å². The number of hydrogen-bond donors (Lipinski definition) is 2. The molecule has 0 aliphatic heterocycles. The molecule has 0 saturated heterocycles. The van der Waals surface area contributed by atoms with Gasteiger partial charge in [0.2, 0.25) is 0 Å². The molecular formula is C13H16N4O. The monoisotopic (exact) mass is 244 g/mol. The number of aryl methyl sites for hydroxylation is 1. The van der Waals surface area contributed by atoms with Crippen LogP contribution in [0.5, 0.6) is 0 Å². The van der Waals surface area contributed by atoms with Gasteiger partial charge in [0.05, 0.1) is 6.20 Å². The average molecular weight is 244 g/mol. The molecule has 2 rings (SSSR count).